The fourth-order valence-corrected chi connectivity index (χ4v) is 5.21. The molecule has 0 amide bonds. The summed E-state index contributed by atoms with van der Waals surface area (Å²) in [6, 6.07) is 12.8. The second-order valence-corrected chi connectivity index (χ2v) is 10.1. The van der Waals surface area contributed by atoms with Gasteiger partial charge in [0.05, 0.1) is 13.2 Å². The first-order valence-corrected chi connectivity index (χ1v) is 13.2. The Hall–Kier alpha value is -1.46. The van der Waals surface area contributed by atoms with Crippen LogP contribution in [0, 0.1) is 0 Å². The van der Waals surface area contributed by atoms with Gasteiger partial charge in [0, 0.05) is 39.7 Å². The van der Waals surface area contributed by atoms with Gasteiger partial charge in [-0.25, -0.2) is 0 Å². The summed E-state index contributed by atoms with van der Waals surface area (Å²) in [5.74, 6) is 1.76. The standard InChI is InChI=1S/C27H36Cl2N2O2/c28-22-7-9-26(32-15-11-24-5-1-3-13-30-24)20(18-22)17-21-19-23(29)8-10-27(21)33-16-12-25-6-2-4-14-31-25/h7-10,18-19,24-25,30-31H,1-6,11-17H2. The molecular weight excluding hydrogens is 455 g/mol. The van der Waals surface area contributed by atoms with Gasteiger partial charge in [-0.1, -0.05) is 36.0 Å². The molecule has 2 aliphatic rings. The van der Waals surface area contributed by atoms with Crippen molar-refractivity contribution in [2.75, 3.05) is 26.3 Å². The number of nitrogens with one attached hydrogen (secondary N) is 2. The molecule has 0 saturated carbocycles. The first-order valence-electron chi connectivity index (χ1n) is 12.5. The van der Waals surface area contributed by atoms with Gasteiger partial charge < -0.3 is 20.1 Å². The third-order valence-corrected chi connectivity index (χ3v) is 7.17. The van der Waals surface area contributed by atoms with Crippen LogP contribution in [0.2, 0.25) is 10.0 Å². The van der Waals surface area contributed by atoms with Crippen LogP contribution in [0.15, 0.2) is 36.4 Å². The predicted octanol–water partition coefficient (Wildman–Crippen LogP) is 6.41. The Balaban J connectivity index is 1.39. The van der Waals surface area contributed by atoms with Crippen molar-refractivity contribution >= 4 is 23.2 Å². The van der Waals surface area contributed by atoms with E-state index >= 15 is 0 Å². The van der Waals surface area contributed by atoms with Crippen molar-refractivity contribution in [3.63, 3.8) is 0 Å². The van der Waals surface area contributed by atoms with E-state index in [1.807, 2.05) is 36.4 Å². The third-order valence-electron chi connectivity index (χ3n) is 6.70. The van der Waals surface area contributed by atoms with Crippen LogP contribution in [0.25, 0.3) is 0 Å². The van der Waals surface area contributed by atoms with Gasteiger partial charge in [0.25, 0.3) is 0 Å². The summed E-state index contributed by atoms with van der Waals surface area (Å²) < 4.78 is 12.4. The molecule has 33 heavy (non-hydrogen) atoms. The Morgan fingerprint density at radius 2 is 1.18 bits per heavy atom. The molecule has 0 aromatic heterocycles. The van der Waals surface area contributed by atoms with Gasteiger partial charge >= 0.3 is 0 Å². The Labute approximate surface area is 208 Å². The summed E-state index contributed by atoms with van der Waals surface area (Å²) in [6.07, 6.45) is 10.3. The van der Waals surface area contributed by atoms with Crippen molar-refractivity contribution in [1.29, 1.82) is 0 Å². The predicted molar refractivity (Wildman–Crippen MR) is 137 cm³/mol. The highest BCUT2D eigenvalue weighted by molar-refractivity contribution is 6.31. The van der Waals surface area contributed by atoms with Crippen LogP contribution in [0.3, 0.4) is 0 Å². The lowest BCUT2D eigenvalue weighted by Gasteiger charge is -2.24. The van der Waals surface area contributed by atoms with Crippen LogP contribution < -0.4 is 20.1 Å². The van der Waals surface area contributed by atoms with Crippen LogP contribution in [-0.4, -0.2) is 38.4 Å². The van der Waals surface area contributed by atoms with Gasteiger partial charge in [0.2, 0.25) is 0 Å². The number of hydrogen-bond donors (Lipinski definition) is 2. The fourth-order valence-electron chi connectivity index (χ4n) is 4.82. The quantitative estimate of drug-likeness (QED) is 0.403. The second-order valence-electron chi connectivity index (χ2n) is 9.25. The first-order chi connectivity index (χ1) is 16.2. The Bertz CT molecular complexity index is 809. The molecule has 2 aromatic rings. The largest absolute Gasteiger partial charge is 0.493 e. The molecule has 0 spiro atoms. The van der Waals surface area contributed by atoms with E-state index in [1.54, 1.807) is 0 Å². The lowest BCUT2D eigenvalue weighted by molar-refractivity contribution is 0.264. The van der Waals surface area contributed by atoms with Crippen molar-refractivity contribution < 1.29 is 9.47 Å². The topological polar surface area (TPSA) is 42.5 Å². The van der Waals surface area contributed by atoms with Crippen molar-refractivity contribution in [2.24, 2.45) is 0 Å². The Kier molecular flexibility index (Phi) is 9.60. The summed E-state index contributed by atoms with van der Waals surface area (Å²) in [4.78, 5) is 0. The molecule has 2 aromatic carbocycles. The van der Waals surface area contributed by atoms with Crippen LogP contribution in [0.1, 0.15) is 62.5 Å². The van der Waals surface area contributed by atoms with E-state index in [1.165, 1.54) is 38.5 Å². The molecule has 6 heteroatoms. The first kappa shape index (κ1) is 24.7. The number of benzene rings is 2. The van der Waals surface area contributed by atoms with Crippen molar-refractivity contribution in [3.8, 4) is 11.5 Å². The van der Waals surface area contributed by atoms with Crippen LogP contribution in [0.4, 0.5) is 0 Å². The molecule has 4 nitrogen and oxygen atoms in total. The molecule has 180 valence electrons. The summed E-state index contributed by atoms with van der Waals surface area (Å²) in [7, 11) is 0. The van der Waals surface area contributed by atoms with E-state index in [4.69, 9.17) is 32.7 Å². The average Bonchev–Trinajstić information content (AvgIpc) is 2.83. The van der Waals surface area contributed by atoms with E-state index in [-0.39, 0.29) is 0 Å². The van der Waals surface area contributed by atoms with Gasteiger partial charge in [0.15, 0.2) is 0 Å². The molecule has 2 saturated heterocycles. The summed E-state index contributed by atoms with van der Waals surface area (Å²) >= 11 is 12.7. The Morgan fingerprint density at radius 3 is 1.61 bits per heavy atom. The number of piperidine rings is 2. The maximum atomic E-state index is 6.35. The van der Waals surface area contributed by atoms with Gasteiger partial charge in [0.1, 0.15) is 11.5 Å². The monoisotopic (exact) mass is 490 g/mol. The normalized spacial score (nSPS) is 21.0. The summed E-state index contributed by atoms with van der Waals surface area (Å²) in [5, 5.41) is 8.59. The molecule has 0 aliphatic carbocycles. The summed E-state index contributed by atoms with van der Waals surface area (Å²) in [5.41, 5.74) is 2.11. The lowest BCUT2D eigenvalue weighted by Crippen LogP contribution is -2.35. The van der Waals surface area contributed by atoms with Crippen LogP contribution >= 0.6 is 23.2 Å². The van der Waals surface area contributed by atoms with E-state index in [0.29, 0.717) is 41.8 Å². The molecule has 0 bridgehead atoms. The van der Waals surface area contributed by atoms with Gasteiger partial charge in [-0.05, 0) is 88.0 Å². The molecule has 2 fully saturated rings. The number of ether oxygens (including phenoxy) is 2. The van der Waals surface area contributed by atoms with Gasteiger partial charge in [-0.15, -0.1) is 0 Å². The second kappa shape index (κ2) is 12.9. The number of halogens is 2. The van der Waals surface area contributed by atoms with Gasteiger partial charge in [-0.3, -0.25) is 0 Å². The highest BCUT2D eigenvalue weighted by atomic mass is 35.5. The molecule has 2 heterocycles. The zero-order chi connectivity index (χ0) is 22.9. The molecule has 2 atom stereocenters. The fraction of sp³-hybridized carbons (Fsp3) is 0.556. The zero-order valence-electron chi connectivity index (χ0n) is 19.4. The number of rotatable bonds is 10. The maximum absolute atomic E-state index is 6.35. The molecular formula is C27H36Cl2N2O2. The molecule has 2 N–H and O–H groups in total. The lowest BCUT2D eigenvalue weighted by atomic mass is 10.0. The maximum Gasteiger partial charge on any atom is 0.122 e. The minimum Gasteiger partial charge on any atom is -0.493 e. The SMILES string of the molecule is Clc1ccc(OCCC2CCCCN2)c(Cc2cc(Cl)ccc2OCCC2CCCCN2)c1. The zero-order valence-corrected chi connectivity index (χ0v) is 20.9. The molecule has 4 rings (SSSR count). The highest BCUT2D eigenvalue weighted by Gasteiger charge is 2.16. The van der Waals surface area contributed by atoms with Crippen LogP contribution in [0.5, 0.6) is 11.5 Å². The average molecular weight is 492 g/mol. The summed E-state index contributed by atoms with van der Waals surface area (Å²) in [6.45, 7) is 3.62. The van der Waals surface area contributed by atoms with Crippen molar-refractivity contribution in [3.05, 3.63) is 57.6 Å². The minimum atomic E-state index is 0.557. The number of hydrogen-bond acceptors (Lipinski definition) is 4. The highest BCUT2D eigenvalue weighted by Crippen LogP contribution is 2.31. The van der Waals surface area contributed by atoms with Crippen molar-refractivity contribution in [2.45, 2.75) is 69.9 Å². The van der Waals surface area contributed by atoms with E-state index in [9.17, 15) is 0 Å². The third kappa shape index (κ3) is 7.78. The van der Waals surface area contributed by atoms with Gasteiger partial charge in [-0.2, -0.15) is 0 Å². The smallest absolute Gasteiger partial charge is 0.122 e. The van der Waals surface area contributed by atoms with E-state index < -0.39 is 0 Å². The van der Waals surface area contributed by atoms with E-state index in [0.717, 1.165) is 48.6 Å². The van der Waals surface area contributed by atoms with Crippen LogP contribution in [-0.2, 0) is 6.42 Å². The minimum absolute atomic E-state index is 0.557. The Morgan fingerprint density at radius 1 is 0.697 bits per heavy atom. The molecule has 0 radical (unpaired) electrons. The molecule has 2 aliphatic heterocycles. The van der Waals surface area contributed by atoms with Crippen molar-refractivity contribution in [1.82, 2.24) is 10.6 Å². The molecule has 2 unspecified atom stereocenters. The van der Waals surface area contributed by atoms with E-state index in [2.05, 4.69) is 10.6 Å².